The van der Waals surface area contributed by atoms with Crippen LogP contribution >= 0.6 is 11.8 Å². The Balaban J connectivity index is 1.64. The van der Waals surface area contributed by atoms with Crippen molar-refractivity contribution >= 4 is 11.8 Å². The van der Waals surface area contributed by atoms with Crippen molar-refractivity contribution in [3.8, 4) is 5.75 Å². The summed E-state index contributed by atoms with van der Waals surface area (Å²) in [5.74, 6) is 2.40. The van der Waals surface area contributed by atoms with Gasteiger partial charge in [0.25, 0.3) is 0 Å². The van der Waals surface area contributed by atoms with Crippen LogP contribution in [0, 0.1) is 5.95 Å². The van der Waals surface area contributed by atoms with Crippen LogP contribution in [0.25, 0.3) is 0 Å². The summed E-state index contributed by atoms with van der Waals surface area (Å²) in [6.07, 6.45) is 4.53. The lowest BCUT2D eigenvalue weighted by Gasteiger charge is -2.37. The van der Waals surface area contributed by atoms with Gasteiger partial charge in [0, 0.05) is 18.6 Å². The first-order chi connectivity index (χ1) is 8.76. The van der Waals surface area contributed by atoms with Crippen molar-refractivity contribution in [1.29, 1.82) is 0 Å². The minimum Gasteiger partial charge on any atom is -0.489 e. The Morgan fingerprint density at radius 1 is 1.50 bits per heavy atom. The van der Waals surface area contributed by atoms with E-state index in [1.807, 2.05) is 11.8 Å². The number of rotatable bonds is 2. The molecular formula is C13H16FNO2S. The number of hydrogen-bond acceptors (Lipinski definition) is 4. The van der Waals surface area contributed by atoms with Gasteiger partial charge in [-0.25, -0.2) is 4.98 Å². The van der Waals surface area contributed by atoms with Gasteiger partial charge in [0.15, 0.2) is 0 Å². The van der Waals surface area contributed by atoms with E-state index in [9.17, 15) is 4.39 Å². The maximum absolute atomic E-state index is 12.7. The fourth-order valence-corrected chi connectivity index (χ4v) is 3.95. The standard InChI is InChI=1S/C13H16FNO2S/c14-12-2-1-11(8-15-12)17-10-3-5-16-13(7-10)4-6-18-9-13/h1-2,8,10H,3-7,9H2. The molecule has 98 valence electrons. The van der Waals surface area contributed by atoms with E-state index in [1.165, 1.54) is 18.0 Å². The number of aromatic nitrogens is 1. The zero-order valence-corrected chi connectivity index (χ0v) is 10.9. The molecule has 3 nitrogen and oxygen atoms in total. The SMILES string of the molecule is Fc1ccc(OC2CCOC3(CCSC3)C2)cn1. The van der Waals surface area contributed by atoms with E-state index >= 15 is 0 Å². The van der Waals surface area contributed by atoms with Crippen molar-refractivity contribution in [2.75, 3.05) is 18.1 Å². The highest BCUT2D eigenvalue weighted by atomic mass is 32.2. The smallest absolute Gasteiger partial charge is 0.213 e. The number of halogens is 1. The van der Waals surface area contributed by atoms with E-state index in [2.05, 4.69) is 4.98 Å². The Morgan fingerprint density at radius 3 is 3.17 bits per heavy atom. The highest BCUT2D eigenvalue weighted by Crippen LogP contribution is 2.39. The molecule has 3 rings (SSSR count). The third kappa shape index (κ3) is 2.62. The Hall–Kier alpha value is -0.810. The molecule has 0 N–H and O–H groups in total. The second-order valence-electron chi connectivity index (χ2n) is 4.88. The summed E-state index contributed by atoms with van der Waals surface area (Å²) >= 11 is 1.95. The van der Waals surface area contributed by atoms with Crippen LogP contribution in [0.5, 0.6) is 5.75 Å². The number of pyridine rings is 1. The van der Waals surface area contributed by atoms with E-state index in [0.717, 1.165) is 31.6 Å². The zero-order chi connectivity index (χ0) is 12.4. The van der Waals surface area contributed by atoms with Gasteiger partial charge < -0.3 is 9.47 Å². The van der Waals surface area contributed by atoms with Gasteiger partial charge in [-0.2, -0.15) is 16.2 Å². The maximum atomic E-state index is 12.7. The van der Waals surface area contributed by atoms with Gasteiger partial charge >= 0.3 is 0 Å². The van der Waals surface area contributed by atoms with Crippen LogP contribution in [0.4, 0.5) is 4.39 Å². The third-order valence-corrected chi connectivity index (χ3v) is 4.74. The largest absolute Gasteiger partial charge is 0.489 e. The predicted octanol–water partition coefficient (Wildman–Crippen LogP) is 2.65. The van der Waals surface area contributed by atoms with Crippen LogP contribution in [0.1, 0.15) is 19.3 Å². The van der Waals surface area contributed by atoms with Crippen molar-refractivity contribution in [1.82, 2.24) is 4.98 Å². The van der Waals surface area contributed by atoms with Gasteiger partial charge in [0.05, 0.1) is 18.4 Å². The number of thioether (sulfide) groups is 1. The van der Waals surface area contributed by atoms with Gasteiger partial charge in [0.2, 0.25) is 5.95 Å². The first-order valence-corrected chi connectivity index (χ1v) is 7.41. The van der Waals surface area contributed by atoms with Crippen LogP contribution in [-0.4, -0.2) is 34.8 Å². The second kappa shape index (κ2) is 5.05. The summed E-state index contributed by atoms with van der Waals surface area (Å²) < 4.78 is 24.5. The molecule has 2 aliphatic rings. The fraction of sp³-hybridized carbons (Fsp3) is 0.615. The Kier molecular flexibility index (Phi) is 3.43. The number of nitrogens with zero attached hydrogens (tertiary/aromatic N) is 1. The molecule has 0 radical (unpaired) electrons. The Bertz CT molecular complexity index is 406. The minimum atomic E-state index is -0.474. The molecule has 0 aliphatic carbocycles. The van der Waals surface area contributed by atoms with Crippen LogP contribution in [0.15, 0.2) is 18.3 Å². The first kappa shape index (κ1) is 12.2. The molecule has 0 saturated carbocycles. The lowest BCUT2D eigenvalue weighted by molar-refractivity contribution is -0.0959. The molecule has 2 atom stereocenters. The predicted molar refractivity (Wildman–Crippen MR) is 68.5 cm³/mol. The van der Waals surface area contributed by atoms with Crippen LogP contribution in [0.2, 0.25) is 0 Å². The molecule has 0 amide bonds. The molecule has 0 aromatic carbocycles. The summed E-state index contributed by atoms with van der Waals surface area (Å²) in [5.41, 5.74) is 0.0149. The fourth-order valence-electron chi connectivity index (χ4n) is 2.57. The van der Waals surface area contributed by atoms with Crippen molar-refractivity contribution in [3.05, 3.63) is 24.3 Å². The molecule has 2 fully saturated rings. The van der Waals surface area contributed by atoms with Crippen molar-refractivity contribution in [3.63, 3.8) is 0 Å². The molecule has 1 aromatic rings. The van der Waals surface area contributed by atoms with Gasteiger partial charge in [-0.05, 0) is 24.3 Å². The molecule has 5 heteroatoms. The summed E-state index contributed by atoms with van der Waals surface area (Å²) in [4.78, 5) is 3.61. The summed E-state index contributed by atoms with van der Waals surface area (Å²) in [6.45, 7) is 0.750. The average Bonchev–Trinajstić information content (AvgIpc) is 2.80. The van der Waals surface area contributed by atoms with E-state index in [4.69, 9.17) is 9.47 Å². The lowest BCUT2D eigenvalue weighted by Crippen LogP contribution is -2.43. The van der Waals surface area contributed by atoms with Gasteiger partial charge in [0.1, 0.15) is 11.9 Å². The normalized spacial score (nSPS) is 31.7. The average molecular weight is 269 g/mol. The Labute approximate surface area is 110 Å². The first-order valence-electron chi connectivity index (χ1n) is 6.26. The molecule has 0 bridgehead atoms. The van der Waals surface area contributed by atoms with Crippen molar-refractivity contribution in [2.24, 2.45) is 0 Å². The highest BCUT2D eigenvalue weighted by Gasteiger charge is 2.41. The molecular weight excluding hydrogens is 253 g/mol. The van der Waals surface area contributed by atoms with Gasteiger partial charge in [-0.1, -0.05) is 0 Å². The minimum absolute atomic E-state index is 0.0149. The quantitative estimate of drug-likeness (QED) is 0.772. The van der Waals surface area contributed by atoms with E-state index in [-0.39, 0.29) is 11.7 Å². The Morgan fingerprint density at radius 2 is 2.44 bits per heavy atom. The van der Waals surface area contributed by atoms with Crippen molar-refractivity contribution < 1.29 is 13.9 Å². The van der Waals surface area contributed by atoms with E-state index < -0.39 is 5.95 Å². The lowest BCUT2D eigenvalue weighted by atomic mass is 9.91. The number of hydrogen-bond donors (Lipinski definition) is 0. The van der Waals surface area contributed by atoms with Gasteiger partial charge in [-0.3, -0.25) is 0 Å². The summed E-state index contributed by atoms with van der Waals surface area (Å²) in [6, 6.07) is 2.96. The summed E-state index contributed by atoms with van der Waals surface area (Å²) in [5, 5.41) is 0. The molecule has 2 unspecified atom stereocenters. The molecule has 2 saturated heterocycles. The van der Waals surface area contributed by atoms with Crippen molar-refractivity contribution in [2.45, 2.75) is 31.0 Å². The van der Waals surface area contributed by atoms with Gasteiger partial charge in [-0.15, -0.1) is 0 Å². The van der Waals surface area contributed by atoms with Crippen LogP contribution in [-0.2, 0) is 4.74 Å². The third-order valence-electron chi connectivity index (χ3n) is 3.52. The number of ether oxygens (including phenoxy) is 2. The topological polar surface area (TPSA) is 31.4 Å². The van der Waals surface area contributed by atoms with E-state index in [0.29, 0.717) is 5.75 Å². The van der Waals surface area contributed by atoms with Crippen LogP contribution < -0.4 is 4.74 Å². The van der Waals surface area contributed by atoms with Crippen LogP contribution in [0.3, 0.4) is 0 Å². The summed E-state index contributed by atoms with van der Waals surface area (Å²) in [7, 11) is 0. The molecule has 2 aliphatic heterocycles. The maximum Gasteiger partial charge on any atom is 0.213 e. The molecule has 18 heavy (non-hydrogen) atoms. The zero-order valence-electron chi connectivity index (χ0n) is 10.1. The molecule has 3 heterocycles. The van der Waals surface area contributed by atoms with E-state index in [1.54, 1.807) is 6.07 Å². The molecule has 1 spiro atoms. The monoisotopic (exact) mass is 269 g/mol. The highest BCUT2D eigenvalue weighted by molar-refractivity contribution is 7.99. The molecule has 1 aromatic heterocycles. The second-order valence-corrected chi connectivity index (χ2v) is 5.99.